The van der Waals surface area contributed by atoms with E-state index in [1.165, 1.54) is 0 Å². The van der Waals surface area contributed by atoms with Gasteiger partial charge in [-0.1, -0.05) is 60.7 Å². The topological polar surface area (TPSA) is 42.5 Å². The van der Waals surface area contributed by atoms with Crippen molar-refractivity contribution in [3.8, 4) is 0 Å². The molecule has 4 rings (SSSR count). The molecule has 0 saturated carbocycles. The fourth-order valence-corrected chi connectivity index (χ4v) is 2.68. The summed E-state index contributed by atoms with van der Waals surface area (Å²) in [4.78, 5) is 13.7. The van der Waals surface area contributed by atoms with Gasteiger partial charge in [0.05, 0.1) is 23.8 Å². The fraction of sp³-hybridized carbons (Fsp3) is 0.0500. The lowest BCUT2D eigenvalue weighted by Gasteiger charge is -2.07. The monoisotopic (exact) mass is 312 g/mol. The lowest BCUT2D eigenvalue weighted by Crippen LogP contribution is -2.03. The van der Waals surface area contributed by atoms with E-state index in [0.717, 1.165) is 28.2 Å². The Kier molecular flexibility index (Phi) is 3.63. The van der Waals surface area contributed by atoms with E-state index in [-0.39, 0.29) is 0 Å². The third-order valence-corrected chi connectivity index (χ3v) is 3.77. The second-order valence-corrected chi connectivity index (χ2v) is 5.59. The van der Waals surface area contributed by atoms with Gasteiger partial charge in [0.25, 0.3) is 0 Å². The number of rotatable bonds is 3. The number of aliphatic imine (C=N–C) groups is 1. The van der Waals surface area contributed by atoms with Gasteiger partial charge < -0.3 is 4.40 Å². The molecule has 0 radical (unpaired) electrons. The third-order valence-electron chi connectivity index (χ3n) is 3.77. The minimum absolute atomic E-state index is 0.655. The van der Waals surface area contributed by atoms with Crippen molar-refractivity contribution >= 4 is 17.2 Å². The van der Waals surface area contributed by atoms with Crippen LogP contribution in [0.1, 0.15) is 16.8 Å². The highest BCUT2D eigenvalue weighted by Gasteiger charge is 2.08. The summed E-state index contributed by atoms with van der Waals surface area (Å²) in [6.07, 6.45) is 5.63. The van der Waals surface area contributed by atoms with Crippen molar-refractivity contribution in [2.24, 2.45) is 4.99 Å². The first-order valence-corrected chi connectivity index (χ1v) is 7.80. The van der Waals surface area contributed by atoms with Crippen LogP contribution in [-0.2, 0) is 0 Å². The van der Waals surface area contributed by atoms with Crippen LogP contribution in [0.2, 0.25) is 0 Å². The Bertz CT molecular complexity index is 960. The molecule has 0 aliphatic heterocycles. The average molecular weight is 312 g/mol. The normalized spacial score (nSPS) is 10.7. The molecule has 0 bridgehead atoms. The van der Waals surface area contributed by atoms with Crippen LogP contribution in [0.3, 0.4) is 0 Å². The molecule has 4 heteroatoms. The van der Waals surface area contributed by atoms with Crippen molar-refractivity contribution in [3.63, 3.8) is 0 Å². The molecule has 0 aliphatic rings. The molecule has 0 N–H and O–H groups in total. The predicted molar refractivity (Wildman–Crippen MR) is 95.9 cm³/mol. The standard InChI is InChI=1S/C20H16N4/c1-15-13-24-14-18(21-12-19(24)22-15)23-20(16-8-4-2-5-9-16)17-10-6-3-7-11-17/h2-14H,1H3. The smallest absolute Gasteiger partial charge is 0.169 e. The Morgan fingerprint density at radius 2 is 1.50 bits per heavy atom. The minimum Gasteiger partial charge on any atom is -0.302 e. The van der Waals surface area contributed by atoms with Crippen LogP contribution in [0.25, 0.3) is 5.65 Å². The van der Waals surface area contributed by atoms with Gasteiger partial charge in [-0.05, 0) is 6.92 Å². The lowest BCUT2D eigenvalue weighted by molar-refractivity contribution is 1.11. The van der Waals surface area contributed by atoms with Gasteiger partial charge in [-0.3, -0.25) is 0 Å². The van der Waals surface area contributed by atoms with Crippen LogP contribution in [0.5, 0.6) is 0 Å². The molecule has 0 aliphatic carbocycles. The molecule has 4 nitrogen and oxygen atoms in total. The molecule has 0 saturated heterocycles. The van der Waals surface area contributed by atoms with Crippen molar-refractivity contribution in [2.75, 3.05) is 0 Å². The molecule has 0 atom stereocenters. The minimum atomic E-state index is 0.655. The number of hydrogen-bond donors (Lipinski definition) is 0. The van der Waals surface area contributed by atoms with Gasteiger partial charge in [-0.25, -0.2) is 15.0 Å². The van der Waals surface area contributed by atoms with Gasteiger partial charge >= 0.3 is 0 Å². The van der Waals surface area contributed by atoms with E-state index in [4.69, 9.17) is 4.99 Å². The molecule has 24 heavy (non-hydrogen) atoms. The van der Waals surface area contributed by atoms with E-state index >= 15 is 0 Å². The molecular formula is C20H16N4. The summed E-state index contributed by atoms with van der Waals surface area (Å²) < 4.78 is 1.95. The van der Waals surface area contributed by atoms with Crippen molar-refractivity contribution in [1.29, 1.82) is 0 Å². The van der Waals surface area contributed by atoms with E-state index in [1.807, 2.05) is 60.1 Å². The van der Waals surface area contributed by atoms with Crippen molar-refractivity contribution in [3.05, 3.63) is 96.1 Å². The van der Waals surface area contributed by atoms with Crippen LogP contribution in [0.15, 0.2) is 84.2 Å². The predicted octanol–water partition coefficient (Wildman–Crippen LogP) is 4.21. The Balaban J connectivity index is 1.86. The third kappa shape index (κ3) is 2.82. The molecule has 0 spiro atoms. The number of aryl methyl sites for hydroxylation is 1. The summed E-state index contributed by atoms with van der Waals surface area (Å²) >= 11 is 0. The second kappa shape index (κ2) is 6.08. The summed E-state index contributed by atoms with van der Waals surface area (Å²) in [7, 11) is 0. The van der Waals surface area contributed by atoms with Crippen LogP contribution in [0.4, 0.5) is 5.82 Å². The average Bonchev–Trinajstić information content (AvgIpc) is 3.00. The Hall–Kier alpha value is -3.27. The first-order valence-electron chi connectivity index (χ1n) is 7.80. The van der Waals surface area contributed by atoms with E-state index in [0.29, 0.717) is 5.82 Å². The Labute approximate surface area is 140 Å². The van der Waals surface area contributed by atoms with E-state index < -0.39 is 0 Å². The van der Waals surface area contributed by atoms with Crippen LogP contribution in [0, 0.1) is 6.92 Å². The zero-order chi connectivity index (χ0) is 16.4. The molecule has 2 heterocycles. The second-order valence-electron chi connectivity index (χ2n) is 5.59. The van der Waals surface area contributed by atoms with Gasteiger partial charge in [0.2, 0.25) is 0 Å². The summed E-state index contributed by atoms with van der Waals surface area (Å²) in [5, 5.41) is 0. The molecule has 4 aromatic rings. The van der Waals surface area contributed by atoms with Gasteiger partial charge in [0, 0.05) is 17.3 Å². The quantitative estimate of drug-likeness (QED) is 0.532. The SMILES string of the molecule is Cc1cn2cc(N=C(c3ccccc3)c3ccccc3)ncc2n1. The van der Waals surface area contributed by atoms with Gasteiger partial charge in [0.15, 0.2) is 11.5 Å². The molecule has 116 valence electrons. The van der Waals surface area contributed by atoms with Crippen molar-refractivity contribution < 1.29 is 0 Å². The number of aromatic nitrogens is 3. The van der Waals surface area contributed by atoms with Crippen LogP contribution >= 0.6 is 0 Å². The maximum absolute atomic E-state index is 4.82. The first-order chi connectivity index (χ1) is 11.8. The Morgan fingerprint density at radius 3 is 2.12 bits per heavy atom. The number of hydrogen-bond acceptors (Lipinski definition) is 3. The first kappa shape index (κ1) is 14.3. The van der Waals surface area contributed by atoms with E-state index in [1.54, 1.807) is 6.20 Å². The molecule has 2 aromatic heterocycles. The zero-order valence-electron chi connectivity index (χ0n) is 13.3. The maximum Gasteiger partial charge on any atom is 0.169 e. The van der Waals surface area contributed by atoms with E-state index in [2.05, 4.69) is 34.2 Å². The van der Waals surface area contributed by atoms with Crippen molar-refractivity contribution in [1.82, 2.24) is 14.4 Å². The number of benzene rings is 2. The molecule has 0 unspecified atom stereocenters. The highest BCUT2D eigenvalue weighted by atomic mass is 15.0. The van der Waals surface area contributed by atoms with E-state index in [9.17, 15) is 0 Å². The molecule has 0 fully saturated rings. The molecule has 0 amide bonds. The summed E-state index contributed by atoms with van der Waals surface area (Å²) in [6.45, 7) is 1.97. The summed E-state index contributed by atoms with van der Waals surface area (Å²) in [5.74, 6) is 0.655. The summed E-state index contributed by atoms with van der Waals surface area (Å²) in [5.41, 5.74) is 4.82. The molecular weight excluding hydrogens is 296 g/mol. The maximum atomic E-state index is 4.82. The van der Waals surface area contributed by atoms with Crippen LogP contribution in [-0.4, -0.2) is 20.1 Å². The fourth-order valence-electron chi connectivity index (χ4n) is 2.68. The Morgan fingerprint density at radius 1 is 0.875 bits per heavy atom. The molecule has 2 aromatic carbocycles. The van der Waals surface area contributed by atoms with Crippen molar-refractivity contribution in [2.45, 2.75) is 6.92 Å². The number of nitrogens with zero attached hydrogens (tertiary/aromatic N) is 4. The van der Waals surface area contributed by atoms with Gasteiger partial charge in [-0.2, -0.15) is 0 Å². The van der Waals surface area contributed by atoms with Crippen LogP contribution < -0.4 is 0 Å². The summed E-state index contributed by atoms with van der Waals surface area (Å²) in [6, 6.07) is 20.3. The highest BCUT2D eigenvalue weighted by molar-refractivity contribution is 6.13. The largest absolute Gasteiger partial charge is 0.302 e. The van der Waals surface area contributed by atoms with Gasteiger partial charge in [-0.15, -0.1) is 0 Å². The lowest BCUT2D eigenvalue weighted by atomic mass is 10.0. The number of imidazole rings is 1. The number of fused-ring (bicyclic) bond motifs is 1. The zero-order valence-corrected chi connectivity index (χ0v) is 13.3. The van der Waals surface area contributed by atoms with Gasteiger partial charge in [0.1, 0.15) is 0 Å². The highest BCUT2D eigenvalue weighted by Crippen LogP contribution is 2.17.